The first-order chi connectivity index (χ1) is 8.65. The highest BCUT2D eigenvalue weighted by Crippen LogP contribution is 2.38. The van der Waals surface area contributed by atoms with Gasteiger partial charge < -0.3 is 9.84 Å². The molecule has 0 aliphatic heterocycles. The van der Waals surface area contributed by atoms with Gasteiger partial charge in [-0.3, -0.25) is 4.90 Å². The van der Waals surface area contributed by atoms with E-state index in [2.05, 4.69) is 24.9 Å². The van der Waals surface area contributed by atoms with Gasteiger partial charge in [0.05, 0.1) is 6.61 Å². The molecule has 2 unspecified atom stereocenters. The maximum absolute atomic E-state index is 9.95. The fourth-order valence-corrected chi connectivity index (χ4v) is 2.89. The lowest BCUT2D eigenvalue weighted by Gasteiger charge is -2.37. The fourth-order valence-electron chi connectivity index (χ4n) is 2.89. The van der Waals surface area contributed by atoms with Crippen LogP contribution in [0.25, 0.3) is 0 Å². The second kappa shape index (κ2) is 5.72. The Kier molecular flexibility index (Phi) is 4.25. The number of rotatable bonds is 4. The zero-order valence-corrected chi connectivity index (χ0v) is 11.5. The molecule has 18 heavy (non-hydrogen) atoms. The van der Waals surface area contributed by atoms with E-state index in [1.54, 1.807) is 13.2 Å². The first-order valence-electron chi connectivity index (χ1n) is 6.66. The van der Waals surface area contributed by atoms with Crippen LogP contribution in [-0.2, 0) is 11.2 Å². The molecule has 1 aromatic rings. The van der Waals surface area contributed by atoms with E-state index in [0.29, 0.717) is 17.8 Å². The molecular formula is C15H23NO2. The Bertz CT molecular complexity index is 405. The van der Waals surface area contributed by atoms with Crippen molar-refractivity contribution >= 4 is 0 Å². The number of hydrogen-bond donors (Lipinski definition) is 1. The molecule has 0 saturated carbocycles. The SMILES string of the molecule is COCC(C)N(C)C1CCCc2c(O)cccc21. The quantitative estimate of drug-likeness (QED) is 0.890. The van der Waals surface area contributed by atoms with Gasteiger partial charge in [-0.2, -0.15) is 0 Å². The lowest BCUT2D eigenvalue weighted by molar-refractivity contribution is 0.0828. The van der Waals surface area contributed by atoms with Crippen molar-refractivity contribution in [2.45, 2.75) is 38.3 Å². The lowest BCUT2D eigenvalue weighted by atomic mass is 9.86. The maximum atomic E-state index is 9.95. The van der Waals surface area contributed by atoms with Crippen LogP contribution in [0.3, 0.4) is 0 Å². The Morgan fingerprint density at radius 3 is 3.00 bits per heavy atom. The van der Waals surface area contributed by atoms with Crippen molar-refractivity contribution in [3.63, 3.8) is 0 Å². The highest BCUT2D eigenvalue weighted by atomic mass is 16.5. The van der Waals surface area contributed by atoms with Crippen molar-refractivity contribution in [2.24, 2.45) is 0 Å². The third kappa shape index (κ3) is 2.52. The van der Waals surface area contributed by atoms with Crippen LogP contribution in [0.15, 0.2) is 18.2 Å². The van der Waals surface area contributed by atoms with E-state index in [9.17, 15) is 5.11 Å². The summed E-state index contributed by atoms with van der Waals surface area (Å²) in [4.78, 5) is 2.36. The molecule has 1 N–H and O–H groups in total. The Balaban J connectivity index is 2.24. The standard InChI is InChI=1S/C15H23NO2/c1-11(10-18-3)16(2)14-8-4-7-13-12(14)6-5-9-15(13)17/h5-6,9,11,14,17H,4,7-8,10H2,1-3H3. The highest BCUT2D eigenvalue weighted by molar-refractivity contribution is 5.42. The average Bonchev–Trinajstić information content (AvgIpc) is 2.38. The van der Waals surface area contributed by atoms with Crippen molar-refractivity contribution in [3.05, 3.63) is 29.3 Å². The molecule has 0 heterocycles. The number of ether oxygens (including phenoxy) is 1. The van der Waals surface area contributed by atoms with Crippen LogP contribution in [0.5, 0.6) is 5.75 Å². The topological polar surface area (TPSA) is 32.7 Å². The average molecular weight is 249 g/mol. The normalized spacial score (nSPS) is 20.8. The zero-order valence-electron chi connectivity index (χ0n) is 11.5. The van der Waals surface area contributed by atoms with Gasteiger partial charge in [-0.15, -0.1) is 0 Å². The first kappa shape index (κ1) is 13.4. The molecule has 1 aliphatic rings. The minimum absolute atomic E-state index is 0.383. The number of aromatic hydroxyl groups is 1. The summed E-state index contributed by atoms with van der Waals surface area (Å²) in [6.07, 6.45) is 3.28. The van der Waals surface area contributed by atoms with Crippen LogP contribution in [-0.4, -0.2) is 36.8 Å². The molecule has 0 fully saturated rings. The number of benzene rings is 1. The predicted octanol–water partition coefficient (Wildman–Crippen LogP) is 2.74. The Hall–Kier alpha value is -1.06. The van der Waals surface area contributed by atoms with E-state index < -0.39 is 0 Å². The minimum Gasteiger partial charge on any atom is -0.508 e. The van der Waals surface area contributed by atoms with Crippen LogP contribution in [0.1, 0.15) is 36.9 Å². The van der Waals surface area contributed by atoms with Gasteiger partial charge in [0.2, 0.25) is 0 Å². The number of fused-ring (bicyclic) bond motifs is 1. The van der Waals surface area contributed by atoms with Gasteiger partial charge in [-0.25, -0.2) is 0 Å². The molecule has 100 valence electrons. The molecule has 0 amide bonds. The number of phenolic OH excluding ortho intramolecular Hbond substituents is 1. The van der Waals surface area contributed by atoms with Gasteiger partial charge in [0.1, 0.15) is 5.75 Å². The number of methoxy groups -OCH3 is 1. The number of likely N-dealkylation sites (N-methyl/N-ethyl adjacent to an activating group) is 1. The third-order valence-electron chi connectivity index (χ3n) is 4.05. The molecule has 0 aromatic heterocycles. The van der Waals surface area contributed by atoms with E-state index in [4.69, 9.17) is 4.74 Å². The van der Waals surface area contributed by atoms with Crippen LogP contribution in [0, 0.1) is 0 Å². The fraction of sp³-hybridized carbons (Fsp3) is 0.600. The third-order valence-corrected chi connectivity index (χ3v) is 4.05. The highest BCUT2D eigenvalue weighted by Gasteiger charge is 2.27. The molecule has 2 rings (SSSR count). The van der Waals surface area contributed by atoms with Crippen molar-refractivity contribution in [3.8, 4) is 5.75 Å². The van der Waals surface area contributed by atoms with Crippen molar-refractivity contribution in [1.82, 2.24) is 4.90 Å². The van der Waals surface area contributed by atoms with E-state index in [1.165, 1.54) is 5.56 Å². The number of hydrogen-bond acceptors (Lipinski definition) is 3. The molecule has 1 aliphatic carbocycles. The molecule has 0 spiro atoms. The summed E-state index contributed by atoms with van der Waals surface area (Å²) in [7, 11) is 3.89. The smallest absolute Gasteiger partial charge is 0.119 e. The minimum atomic E-state index is 0.383. The summed E-state index contributed by atoms with van der Waals surface area (Å²) in [5.74, 6) is 0.449. The van der Waals surface area contributed by atoms with Crippen LogP contribution in [0.4, 0.5) is 0 Å². The molecule has 0 radical (unpaired) electrons. The van der Waals surface area contributed by atoms with Crippen molar-refractivity contribution in [2.75, 3.05) is 20.8 Å². The molecule has 3 nitrogen and oxygen atoms in total. The molecule has 3 heteroatoms. The van der Waals surface area contributed by atoms with E-state index in [-0.39, 0.29) is 0 Å². The summed E-state index contributed by atoms with van der Waals surface area (Å²) in [6.45, 7) is 2.92. The van der Waals surface area contributed by atoms with Gasteiger partial charge in [0, 0.05) is 19.2 Å². The van der Waals surface area contributed by atoms with E-state index >= 15 is 0 Å². The van der Waals surface area contributed by atoms with Crippen LogP contribution < -0.4 is 0 Å². The summed E-state index contributed by atoms with van der Waals surface area (Å²) >= 11 is 0. The molecule has 0 saturated heterocycles. The predicted molar refractivity (Wildman–Crippen MR) is 72.9 cm³/mol. The second-order valence-corrected chi connectivity index (χ2v) is 5.22. The van der Waals surface area contributed by atoms with Crippen molar-refractivity contribution < 1.29 is 9.84 Å². The molecule has 0 bridgehead atoms. The summed E-state index contributed by atoms with van der Waals surface area (Å²) < 4.78 is 5.24. The molecule has 1 aromatic carbocycles. The summed E-state index contributed by atoms with van der Waals surface area (Å²) in [5.41, 5.74) is 2.41. The number of phenols is 1. The zero-order chi connectivity index (χ0) is 13.1. The Morgan fingerprint density at radius 2 is 2.28 bits per heavy atom. The summed E-state index contributed by atoms with van der Waals surface area (Å²) in [6, 6.07) is 6.66. The van der Waals surface area contributed by atoms with E-state index in [0.717, 1.165) is 31.4 Å². The van der Waals surface area contributed by atoms with Crippen molar-refractivity contribution in [1.29, 1.82) is 0 Å². The van der Waals surface area contributed by atoms with Crippen LogP contribution >= 0.6 is 0 Å². The molecular weight excluding hydrogens is 226 g/mol. The second-order valence-electron chi connectivity index (χ2n) is 5.22. The largest absolute Gasteiger partial charge is 0.508 e. The van der Waals surface area contributed by atoms with Gasteiger partial charge in [-0.1, -0.05) is 12.1 Å². The number of nitrogens with zero attached hydrogens (tertiary/aromatic N) is 1. The first-order valence-corrected chi connectivity index (χ1v) is 6.66. The molecule has 2 atom stereocenters. The lowest BCUT2D eigenvalue weighted by Crippen LogP contribution is -2.37. The van der Waals surface area contributed by atoms with Gasteiger partial charge in [0.15, 0.2) is 0 Å². The van der Waals surface area contributed by atoms with Crippen LogP contribution in [0.2, 0.25) is 0 Å². The maximum Gasteiger partial charge on any atom is 0.119 e. The van der Waals surface area contributed by atoms with Gasteiger partial charge in [-0.05, 0) is 50.4 Å². The van der Waals surface area contributed by atoms with E-state index in [1.807, 2.05) is 6.07 Å². The van der Waals surface area contributed by atoms with Gasteiger partial charge in [0.25, 0.3) is 0 Å². The Labute approximate surface area is 109 Å². The Morgan fingerprint density at radius 1 is 1.50 bits per heavy atom. The summed E-state index contributed by atoms with van der Waals surface area (Å²) in [5, 5.41) is 9.95. The monoisotopic (exact) mass is 249 g/mol. The van der Waals surface area contributed by atoms with Gasteiger partial charge >= 0.3 is 0 Å².